The van der Waals surface area contributed by atoms with Crippen molar-refractivity contribution in [2.75, 3.05) is 13.2 Å². The lowest BCUT2D eigenvalue weighted by Gasteiger charge is -2.18. The van der Waals surface area contributed by atoms with E-state index in [9.17, 15) is 9.59 Å². The molecule has 1 atom stereocenters. The Hall–Kier alpha value is -2.08. The summed E-state index contributed by atoms with van der Waals surface area (Å²) in [6.45, 7) is 5.22. The van der Waals surface area contributed by atoms with Crippen molar-refractivity contribution in [1.82, 2.24) is 10.6 Å². The molecule has 23 heavy (non-hydrogen) atoms. The van der Waals surface area contributed by atoms with Gasteiger partial charge in [0.25, 0.3) is 0 Å². The topological polar surface area (TPSA) is 98.7 Å². The SMILES string of the molecule is CC(C)CC(CCO)CNC(=O)NCc1ccc(C(=O)O)cc1. The summed E-state index contributed by atoms with van der Waals surface area (Å²) in [6, 6.07) is 6.11. The lowest BCUT2D eigenvalue weighted by atomic mass is 9.94. The van der Waals surface area contributed by atoms with Gasteiger partial charge in [-0.15, -0.1) is 0 Å². The average molecular weight is 322 g/mol. The summed E-state index contributed by atoms with van der Waals surface area (Å²) in [6.07, 6.45) is 1.63. The van der Waals surface area contributed by atoms with Gasteiger partial charge in [0.1, 0.15) is 0 Å². The third-order valence-corrected chi connectivity index (χ3v) is 3.55. The number of nitrogens with one attached hydrogen (secondary N) is 2. The number of hydrogen-bond acceptors (Lipinski definition) is 3. The van der Waals surface area contributed by atoms with Gasteiger partial charge >= 0.3 is 12.0 Å². The highest BCUT2D eigenvalue weighted by atomic mass is 16.4. The van der Waals surface area contributed by atoms with E-state index >= 15 is 0 Å². The summed E-state index contributed by atoms with van der Waals surface area (Å²) in [5.74, 6) is -0.188. The standard InChI is InChI=1S/C17H26N2O4/c1-12(2)9-14(7-8-20)11-19-17(23)18-10-13-3-5-15(6-4-13)16(21)22/h3-6,12,14,20H,7-11H2,1-2H3,(H,21,22)(H2,18,19,23). The fourth-order valence-electron chi connectivity index (χ4n) is 2.40. The number of rotatable bonds is 9. The summed E-state index contributed by atoms with van der Waals surface area (Å²) >= 11 is 0. The summed E-state index contributed by atoms with van der Waals surface area (Å²) in [7, 11) is 0. The lowest BCUT2D eigenvalue weighted by Crippen LogP contribution is -2.38. The molecule has 0 radical (unpaired) electrons. The third kappa shape index (κ3) is 7.65. The van der Waals surface area contributed by atoms with Crippen molar-refractivity contribution in [2.24, 2.45) is 11.8 Å². The fourth-order valence-corrected chi connectivity index (χ4v) is 2.40. The molecule has 0 aromatic heterocycles. The van der Waals surface area contributed by atoms with Crippen LogP contribution in [0.3, 0.4) is 0 Å². The van der Waals surface area contributed by atoms with Crippen molar-refractivity contribution in [3.8, 4) is 0 Å². The maximum absolute atomic E-state index is 11.8. The largest absolute Gasteiger partial charge is 0.478 e. The maximum atomic E-state index is 11.8. The summed E-state index contributed by atoms with van der Waals surface area (Å²) in [5.41, 5.74) is 1.05. The van der Waals surface area contributed by atoms with Gasteiger partial charge in [0.05, 0.1) is 5.56 Å². The molecule has 0 fully saturated rings. The highest BCUT2D eigenvalue weighted by Gasteiger charge is 2.12. The van der Waals surface area contributed by atoms with Gasteiger partial charge in [-0.25, -0.2) is 9.59 Å². The second-order valence-corrected chi connectivity index (χ2v) is 6.07. The van der Waals surface area contributed by atoms with E-state index in [1.807, 2.05) is 0 Å². The number of hydrogen-bond donors (Lipinski definition) is 4. The summed E-state index contributed by atoms with van der Waals surface area (Å²) in [5, 5.41) is 23.4. The first-order chi connectivity index (χ1) is 10.9. The first-order valence-electron chi connectivity index (χ1n) is 7.87. The molecule has 128 valence electrons. The third-order valence-electron chi connectivity index (χ3n) is 3.55. The second-order valence-electron chi connectivity index (χ2n) is 6.07. The van der Waals surface area contributed by atoms with Crippen LogP contribution in [0.25, 0.3) is 0 Å². The Bertz CT molecular complexity index is 500. The molecule has 0 aliphatic rings. The predicted octanol–water partition coefficient (Wildman–Crippen LogP) is 2.23. The van der Waals surface area contributed by atoms with Crippen molar-refractivity contribution < 1.29 is 19.8 Å². The number of aliphatic hydroxyl groups is 1. The molecular weight excluding hydrogens is 296 g/mol. The molecule has 1 rings (SSSR count). The van der Waals surface area contributed by atoms with Gasteiger partial charge in [-0.2, -0.15) is 0 Å². The number of amides is 2. The van der Waals surface area contributed by atoms with Gasteiger partial charge < -0.3 is 20.8 Å². The quantitative estimate of drug-likeness (QED) is 0.560. The molecule has 1 aromatic carbocycles. The second kappa shape index (κ2) is 9.84. The van der Waals surface area contributed by atoms with Crippen LogP contribution in [0.2, 0.25) is 0 Å². The molecule has 0 saturated heterocycles. The molecule has 0 heterocycles. The molecule has 0 saturated carbocycles. The van der Waals surface area contributed by atoms with Crippen molar-refractivity contribution in [3.63, 3.8) is 0 Å². The number of benzene rings is 1. The van der Waals surface area contributed by atoms with E-state index in [0.29, 0.717) is 25.4 Å². The Balaban J connectivity index is 2.36. The van der Waals surface area contributed by atoms with E-state index in [1.54, 1.807) is 12.1 Å². The molecule has 2 amide bonds. The van der Waals surface area contributed by atoms with Crippen LogP contribution in [0.5, 0.6) is 0 Å². The highest BCUT2D eigenvalue weighted by Crippen LogP contribution is 2.14. The minimum absolute atomic E-state index is 0.122. The summed E-state index contributed by atoms with van der Waals surface area (Å²) < 4.78 is 0. The molecule has 0 aliphatic heterocycles. The van der Waals surface area contributed by atoms with Crippen LogP contribution in [0.1, 0.15) is 42.6 Å². The minimum atomic E-state index is -0.970. The minimum Gasteiger partial charge on any atom is -0.478 e. The number of aromatic carboxylic acids is 1. The molecule has 6 heteroatoms. The van der Waals surface area contributed by atoms with E-state index in [1.165, 1.54) is 12.1 Å². The maximum Gasteiger partial charge on any atom is 0.335 e. The van der Waals surface area contributed by atoms with E-state index < -0.39 is 5.97 Å². The first kappa shape index (κ1) is 19.0. The average Bonchev–Trinajstić information content (AvgIpc) is 2.50. The van der Waals surface area contributed by atoms with Gasteiger partial charge in [-0.05, 0) is 42.4 Å². The van der Waals surface area contributed by atoms with Crippen LogP contribution >= 0.6 is 0 Å². The molecule has 1 unspecified atom stereocenters. The van der Waals surface area contributed by atoms with Crippen molar-refractivity contribution >= 4 is 12.0 Å². The number of aliphatic hydroxyl groups excluding tert-OH is 1. The normalized spacial score (nSPS) is 12.0. The zero-order chi connectivity index (χ0) is 17.2. The monoisotopic (exact) mass is 322 g/mol. The predicted molar refractivity (Wildman–Crippen MR) is 88.3 cm³/mol. The Morgan fingerprint density at radius 2 is 1.78 bits per heavy atom. The van der Waals surface area contributed by atoms with Crippen LogP contribution in [0.15, 0.2) is 24.3 Å². The van der Waals surface area contributed by atoms with Crippen molar-refractivity contribution in [2.45, 2.75) is 33.2 Å². The molecule has 1 aromatic rings. The fraction of sp³-hybridized carbons (Fsp3) is 0.529. The van der Waals surface area contributed by atoms with Crippen molar-refractivity contribution in [3.05, 3.63) is 35.4 Å². The van der Waals surface area contributed by atoms with Crippen LogP contribution < -0.4 is 10.6 Å². The molecule has 6 nitrogen and oxygen atoms in total. The van der Waals surface area contributed by atoms with E-state index in [2.05, 4.69) is 24.5 Å². The lowest BCUT2D eigenvalue weighted by molar-refractivity contribution is 0.0697. The number of carbonyl (C=O) groups is 2. The molecule has 4 N–H and O–H groups in total. The molecule has 0 spiro atoms. The van der Waals surface area contributed by atoms with Crippen LogP contribution in [0, 0.1) is 11.8 Å². The van der Waals surface area contributed by atoms with Crippen LogP contribution in [-0.4, -0.2) is 35.4 Å². The zero-order valence-electron chi connectivity index (χ0n) is 13.7. The highest BCUT2D eigenvalue weighted by molar-refractivity contribution is 5.87. The Morgan fingerprint density at radius 3 is 2.30 bits per heavy atom. The number of carboxylic acids is 1. The molecule has 0 aliphatic carbocycles. The van der Waals surface area contributed by atoms with Gasteiger partial charge in [-0.3, -0.25) is 0 Å². The first-order valence-corrected chi connectivity index (χ1v) is 7.87. The number of carbonyl (C=O) groups excluding carboxylic acids is 1. The van der Waals surface area contributed by atoms with Crippen molar-refractivity contribution in [1.29, 1.82) is 0 Å². The number of urea groups is 1. The van der Waals surface area contributed by atoms with Gasteiger partial charge in [0.2, 0.25) is 0 Å². The Kier molecular flexibility index (Phi) is 8.11. The van der Waals surface area contributed by atoms with Gasteiger partial charge in [0.15, 0.2) is 0 Å². The van der Waals surface area contributed by atoms with E-state index in [-0.39, 0.29) is 24.1 Å². The van der Waals surface area contributed by atoms with Gasteiger partial charge in [0, 0.05) is 19.7 Å². The molecule has 0 bridgehead atoms. The smallest absolute Gasteiger partial charge is 0.335 e. The summed E-state index contributed by atoms with van der Waals surface area (Å²) in [4.78, 5) is 22.6. The molecular formula is C17H26N2O4. The van der Waals surface area contributed by atoms with E-state index in [4.69, 9.17) is 10.2 Å². The van der Waals surface area contributed by atoms with Gasteiger partial charge in [-0.1, -0.05) is 26.0 Å². The van der Waals surface area contributed by atoms with Crippen LogP contribution in [-0.2, 0) is 6.54 Å². The zero-order valence-corrected chi connectivity index (χ0v) is 13.7. The Morgan fingerprint density at radius 1 is 1.13 bits per heavy atom. The van der Waals surface area contributed by atoms with E-state index in [0.717, 1.165) is 12.0 Å². The Labute approximate surface area is 136 Å². The van der Waals surface area contributed by atoms with Crippen LogP contribution in [0.4, 0.5) is 4.79 Å². The number of carboxylic acid groups (broad SMARTS) is 1.